The molecule has 0 atom stereocenters. The number of fused-ring (bicyclic) bond motifs is 1. The van der Waals surface area contributed by atoms with Gasteiger partial charge in [0.25, 0.3) is 0 Å². The standard InChI is InChI=1S/C39H50N4OSi/c1-37(2,3)26-20-24(19-25(21-26)30-18-17-27(23-40-30)45(11,12)13)28-15-14-16-31-33(28)42-36(43(31)10)34-35(44)29(38(4,5)6)22-32(41-34)39(7,8)9/h14-23,44H,1-13H3. The van der Waals surface area contributed by atoms with Crippen molar-refractivity contribution in [2.24, 2.45) is 7.05 Å². The molecular formula is C39H50N4OSi. The molecule has 6 heteroatoms. The van der Waals surface area contributed by atoms with Gasteiger partial charge in [-0.2, -0.15) is 0 Å². The van der Waals surface area contributed by atoms with Crippen molar-refractivity contribution in [1.82, 2.24) is 19.5 Å². The summed E-state index contributed by atoms with van der Waals surface area (Å²) in [4.78, 5) is 15.2. The average molecular weight is 619 g/mol. The first kappa shape index (κ1) is 32.6. The first-order chi connectivity index (χ1) is 20.7. The highest BCUT2D eigenvalue weighted by atomic mass is 28.3. The highest BCUT2D eigenvalue weighted by Crippen LogP contribution is 2.42. The third-order valence-corrected chi connectivity index (χ3v) is 10.8. The van der Waals surface area contributed by atoms with Crippen LogP contribution in [0.4, 0.5) is 0 Å². The van der Waals surface area contributed by atoms with E-state index in [-0.39, 0.29) is 22.0 Å². The molecule has 0 aliphatic rings. The molecule has 0 saturated carbocycles. The zero-order valence-corrected chi connectivity index (χ0v) is 30.5. The number of aromatic nitrogens is 4. The number of aromatic hydroxyl groups is 1. The number of hydrogen-bond donors (Lipinski definition) is 1. The Kier molecular flexibility index (Phi) is 7.93. The summed E-state index contributed by atoms with van der Waals surface area (Å²) in [6.45, 7) is 26.6. The van der Waals surface area contributed by atoms with Gasteiger partial charge in [-0.3, -0.25) is 4.98 Å². The second-order valence-corrected chi connectivity index (χ2v) is 21.7. The Balaban J connectivity index is 1.74. The molecule has 2 aromatic carbocycles. The van der Waals surface area contributed by atoms with Crippen LogP contribution in [0, 0.1) is 0 Å². The van der Waals surface area contributed by atoms with Gasteiger partial charge in [0.15, 0.2) is 5.82 Å². The maximum Gasteiger partial charge on any atom is 0.163 e. The van der Waals surface area contributed by atoms with Crippen molar-refractivity contribution in [3.63, 3.8) is 0 Å². The van der Waals surface area contributed by atoms with Crippen molar-refractivity contribution in [3.05, 3.63) is 77.6 Å². The van der Waals surface area contributed by atoms with Gasteiger partial charge in [-0.05, 0) is 57.5 Å². The number of benzene rings is 2. The monoisotopic (exact) mass is 618 g/mol. The lowest BCUT2D eigenvalue weighted by molar-refractivity contribution is 0.441. The Morgan fingerprint density at radius 2 is 1.40 bits per heavy atom. The van der Waals surface area contributed by atoms with E-state index in [1.807, 2.05) is 7.05 Å². The van der Waals surface area contributed by atoms with E-state index in [1.54, 1.807) is 0 Å². The van der Waals surface area contributed by atoms with Gasteiger partial charge in [-0.15, -0.1) is 0 Å². The van der Waals surface area contributed by atoms with E-state index < -0.39 is 8.07 Å². The SMILES string of the molecule is Cn1c(-c2nc(C(C)(C)C)cc(C(C)(C)C)c2O)nc2c(-c3cc(-c4ccc([Si](C)(C)C)cn4)cc(C(C)(C)C)c3)cccc21. The summed E-state index contributed by atoms with van der Waals surface area (Å²) in [5.41, 5.74) is 9.14. The van der Waals surface area contributed by atoms with Crippen molar-refractivity contribution in [2.45, 2.75) is 98.2 Å². The predicted molar refractivity (Wildman–Crippen MR) is 193 cm³/mol. The minimum absolute atomic E-state index is 0.0569. The zero-order chi connectivity index (χ0) is 33.3. The molecule has 236 valence electrons. The fourth-order valence-corrected chi connectivity index (χ4v) is 6.72. The molecule has 0 bridgehead atoms. The number of aryl methyl sites for hydroxylation is 1. The van der Waals surface area contributed by atoms with Gasteiger partial charge in [0.1, 0.15) is 11.4 Å². The van der Waals surface area contributed by atoms with Gasteiger partial charge in [0.05, 0.1) is 24.8 Å². The maximum absolute atomic E-state index is 11.6. The molecule has 45 heavy (non-hydrogen) atoms. The predicted octanol–water partition coefficient (Wildman–Crippen LogP) is 9.51. The number of para-hydroxylation sites is 1. The van der Waals surface area contributed by atoms with Gasteiger partial charge in [-0.1, -0.05) is 106 Å². The number of rotatable bonds is 4. The van der Waals surface area contributed by atoms with E-state index in [0.29, 0.717) is 11.5 Å². The van der Waals surface area contributed by atoms with Crippen LogP contribution in [-0.4, -0.2) is 32.7 Å². The quantitative estimate of drug-likeness (QED) is 0.204. The highest BCUT2D eigenvalue weighted by Gasteiger charge is 2.29. The van der Waals surface area contributed by atoms with Gasteiger partial charge >= 0.3 is 0 Å². The Labute approximate surface area is 270 Å². The number of nitrogens with zero attached hydrogens (tertiary/aromatic N) is 4. The van der Waals surface area contributed by atoms with Gasteiger partial charge < -0.3 is 9.67 Å². The Morgan fingerprint density at radius 1 is 0.733 bits per heavy atom. The smallest absolute Gasteiger partial charge is 0.163 e. The summed E-state index contributed by atoms with van der Waals surface area (Å²) in [7, 11) is 0.559. The van der Waals surface area contributed by atoms with Crippen LogP contribution in [-0.2, 0) is 23.3 Å². The third-order valence-electron chi connectivity index (χ3n) is 8.73. The van der Waals surface area contributed by atoms with Crippen LogP contribution in [0.1, 0.15) is 79.1 Å². The van der Waals surface area contributed by atoms with Crippen molar-refractivity contribution in [1.29, 1.82) is 0 Å². The molecule has 0 aliphatic carbocycles. The molecule has 0 saturated heterocycles. The number of imidazole rings is 1. The largest absolute Gasteiger partial charge is 0.505 e. The van der Waals surface area contributed by atoms with Crippen molar-refractivity contribution in [3.8, 4) is 39.7 Å². The maximum atomic E-state index is 11.6. The van der Waals surface area contributed by atoms with Crippen molar-refractivity contribution in [2.75, 3.05) is 0 Å². The lowest BCUT2D eigenvalue weighted by Gasteiger charge is -2.26. The van der Waals surface area contributed by atoms with Crippen LogP contribution in [0.2, 0.25) is 19.6 Å². The molecule has 0 amide bonds. The molecular weight excluding hydrogens is 569 g/mol. The van der Waals surface area contributed by atoms with E-state index in [9.17, 15) is 5.11 Å². The van der Waals surface area contributed by atoms with E-state index in [1.165, 1.54) is 10.8 Å². The molecule has 1 N–H and O–H groups in total. The summed E-state index contributed by atoms with van der Waals surface area (Å²) in [5.74, 6) is 0.850. The molecule has 0 spiro atoms. The van der Waals surface area contributed by atoms with Gasteiger partial charge in [0, 0.05) is 41.0 Å². The summed E-state index contributed by atoms with van der Waals surface area (Å²) < 4.78 is 2.06. The van der Waals surface area contributed by atoms with Gasteiger partial charge in [-0.25, -0.2) is 9.97 Å². The van der Waals surface area contributed by atoms with E-state index in [2.05, 4.69) is 147 Å². The number of pyridine rings is 2. The van der Waals surface area contributed by atoms with E-state index >= 15 is 0 Å². The Hall–Kier alpha value is -3.77. The molecule has 5 aromatic rings. The van der Waals surface area contributed by atoms with Crippen LogP contribution >= 0.6 is 0 Å². The molecule has 0 aliphatic heterocycles. The molecule has 3 aromatic heterocycles. The van der Waals surface area contributed by atoms with Crippen molar-refractivity contribution < 1.29 is 5.11 Å². The van der Waals surface area contributed by atoms with Crippen LogP contribution in [0.3, 0.4) is 0 Å². The first-order valence-corrected chi connectivity index (χ1v) is 19.5. The van der Waals surface area contributed by atoms with Crippen LogP contribution in [0.5, 0.6) is 5.75 Å². The van der Waals surface area contributed by atoms with Crippen LogP contribution < -0.4 is 5.19 Å². The fraction of sp³-hybridized carbons (Fsp3) is 0.410. The molecule has 0 radical (unpaired) electrons. The Morgan fingerprint density at radius 3 is 1.96 bits per heavy atom. The fourth-order valence-electron chi connectivity index (χ4n) is 5.68. The van der Waals surface area contributed by atoms with E-state index in [4.69, 9.17) is 15.0 Å². The normalized spacial score (nSPS) is 13.1. The third kappa shape index (κ3) is 6.35. The Bertz CT molecular complexity index is 1890. The van der Waals surface area contributed by atoms with Crippen LogP contribution in [0.25, 0.3) is 44.9 Å². The summed E-state index contributed by atoms with van der Waals surface area (Å²) in [6, 6.07) is 19.6. The first-order valence-electron chi connectivity index (χ1n) is 16.0. The zero-order valence-electron chi connectivity index (χ0n) is 29.5. The lowest BCUT2D eigenvalue weighted by atomic mass is 9.82. The second-order valence-electron chi connectivity index (χ2n) is 16.7. The topological polar surface area (TPSA) is 63.8 Å². The minimum atomic E-state index is -1.45. The lowest BCUT2D eigenvalue weighted by Crippen LogP contribution is -2.37. The molecule has 0 fully saturated rings. The van der Waals surface area contributed by atoms with Crippen LogP contribution in [0.15, 0.2) is 60.8 Å². The molecule has 5 nitrogen and oxygen atoms in total. The minimum Gasteiger partial charge on any atom is -0.505 e. The van der Waals surface area contributed by atoms with Crippen molar-refractivity contribution >= 4 is 24.3 Å². The number of hydrogen-bond acceptors (Lipinski definition) is 4. The summed E-state index contributed by atoms with van der Waals surface area (Å²) in [6.07, 6.45) is 2.06. The van der Waals surface area contributed by atoms with E-state index in [0.717, 1.165) is 44.7 Å². The average Bonchev–Trinajstić information content (AvgIpc) is 3.27. The van der Waals surface area contributed by atoms with Gasteiger partial charge in [0.2, 0.25) is 0 Å². The summed E-state index contributed by atoms with van der Waals surface area (Å²) in [5, 5.41) is 13.0. The second kappa shape index (κ2) is 10.9. The highest BCUT2D eigenvalue weighted by molar-refractivity contribution is 6.88. The molecule has 3 heterocycles. The molecule has 5 rings (SSSR count). The summed E-state index contributed by atoms with van der Waals surface area (Å²) >= 11 is 0. The molecule has 0 unspecified atom stereocenters.